The van der Waals surface area contributed by atoms with Crippen molar-refractivity contribution in [1.82, 2.24) is 0 Å². The average molecular weight is 296 g/mol. The molecule has 0 spiro atoms. The molecule has 1 heterocycles. The first-order chi connectivity index (χ1) is 10.8. The monoisotopic (exact) mass is 296 g/mol. The fourth-order valence-corrected chi connectivity index (χ4v) is 2.58. The van der Waals surface area contributed by atoms with Crippen LogP contribution in [-0.4, -0.2) is 25.3 Å². The first kappa shape index (κ1) is 14.9. The summed E-state index contributed by atoms with van der Waals surface area (Å²) >= 11 is 0. The summed E-state index contributed by atoms with van der Waals surface area (Å²) in [7, 11) is 0. The number of hydrogen-bond donors (Lipinski definition) is 0. The summed E-state index contributed by atoms with van der Waals surface area (Å²) in [6, 6.07) is 17.9. The molecule has 0 aromatic heterocycles. The van der Waals surface area contributed by atoms with Crippen LogP contribution in [0.1, 0.15) is 29.6 Å². The lowest BCUT2D eigenvalue weighted by molar-refractivity contribution is -0.180. The van der Waals surface area contributed by atoms with Crippen molar-refractivity contribution < 1.29 is 14.3 Å². The molecule has 1 aliphatic heterocycles. The van der Waals surface area contributed by atoms with E-state index in [0.29, 0.717) is 12.8 Å². The Morgan fingerprint density at radius 2 is 1.55 bits per heavy atom. The smallest absolute Gasteiger partial charge is 0.163 e. The van der Waals surface area contributed by atoms with Crippen molar-refractivity contribution in [3.05, 3.63) is 60.2 Å². The Hall–Kier alpha value is -1.97. The van der Waals surface area contributed by atoms with Crippen molar-refractivity contribution in [3.63, 3.8) is 0 Å². The Kier molecular flexibility index (Phi) is 4.99. The van der Waals surface area contributed by atoms with Crippen molar-refractivity contribution in [3.8, 4) is 11.1 Å². The van der Waals surface area contributed by atoms with Gasteiger partial charge in [-0.1, -0.05) is 54.6 Å². The van der Waals surface area contributed by atoms with E-state index in [1.807, 2.05) is 42.5 Å². The first-order valence-corrected chi connectivity index (χ1v) is 7.75. The second-order valence-electron chi connectivity index (χ2n) is 5.43. The molecule has 1 aliphatic rings. The molecule has 3 heteroatoms. The van der Waals surface area contributed by atoms with Crippen LogP contribution in [0.5, 0.6) is 0 Å². The highest BCUT2D eigenvalue weighted by molar-refractivity contribution is 5.96. The minimum Gasteiger partial charge on any atom is -0.353 e. The van der Waals surface area contributed by atoms with Gasteiger partial charge >= 0.3 is 0 Å². The number of ether oxygens (including phenoxy) is 2. The Bertz CT molecular complexity index is 598. The Labute approximate surface area is 130 Å². The van der Waals surface area contributed by atoms with Gasteiger partial charge in [-0.05, 0) is 17.5 Å². The molecule has 2 aromatic carbocycles. The predicted octanol–water partition coefficient (Wildman–Crippen LogP) is 4.08. The zero-order chi connectivity index (χ0) is 15.2. The van der Waals surface area contributed by atoms with Gasteiger partial charge in [0.25, 0.3) is 0 Å². The molecule has 3 nitrogen and oxygen atoms in total. The maximum Gasteiger partial charge on any atom is 0.163 e. The maximum atomic E-state index is 12.2. The molecular weight excluding hydrogens is 276 g/mol. The lowest BCUT2D eigenvalue weighted by atomic mass is 10.0. The number of hydrogen-bond acceptors (Lipinski definition) is 3. The van der Waals surface area contributed by atoms with Gasteiger partial charge in [0, 0.05) is 18.4 Å². The van der Waals surface area contributed by atoms with Crippen molar-refractivity contribution in [1.29, 1.82) is 0 Å². The highest BCUT2D eigenvalue weighted by Crippen LogP contribution is 2.20. The number of benzene rings is 2. The summed E-state index contributed by atoms with van der Waals surface area (Å²) in [4.78, 5) is 12.2. The van der Waals surface area contributed by atoms with Gasteiger partial charge in [-0.25, -0.2) is 0 Å². The Morgan fingerprint density at radius 3 is 2.23 bits per heavy atom. The van der Waals surface area contributed by atoms with Crippen LogP contribution in [-0.2, 0) is 9.47 Å². The molecule has 2 aromatic rings. The molecule has 0 atom stereocenters. The van der Waals surface area contributed by atoms with E-state index in [2.05, 4.69) is 12.1 Å². The zero-order valence-corrected chi connectivity index (χ0v) is 12.5. The number of Topliss-reactive ketones (excluding diaryl/α,β-unsaturated/α-hetero) is 1. The molecule has 22 heavy (non-hydrogen) atoms. The van der Waals surface area contributed by atoms with Crippen molar-refractivity contribution >= 4 is 5.78 Å². The van der Waals surface area contributed by atoms with E-state index in [-0.39, 0.29) is 12.1 Å². The highest BCUT2D eigenvalue weighted by atomic mass is 16.7. The molecule has 0 aliphatic carbocycles. The van der Waals surface area contributed by atoms with E-state index in [1.54, 1.807) is 0 Å². The molecule has 0 radical (unpaired) electrons. The highest BCUT2D eigenvalue weighted by Gasteiger charge is 2.16. The van der Waals surface area contributed by atoms with Crippen LogP contribution < -0.4 is 0 Å². The van der Waals surface area contributed by atoms with Gasteiger partial charge in [0.2, 0.25) is 0 Å². The van der Waals surface area contributed by atoms with Crippen LogP contribution in [0, 0.1) is 0 Å². The standard InChI is InChI=1S/C19H20O3/c20-18(11-12-19-21-13-4-14-22-19)17-9-7-16(8-10-17)15-5-2-1-3-6-15/h1-3,5-10,19H,4,11-14H2. The molecule has 1 fully saturated rings. The van der Waals surface area contributed by atoms with Crippen molar-refractivity contribution in [2.75, 3.05) is 13.2 Å². The van der Waals surface area contributed by atoms with E-state index in [9.17, 15) is 4.79 Å². The van der Waals surface area contributed by atoms with Crippen LogP contribution in [0.4, 0.5) is 0 Å². The summed E-state index contributed by atoms with van der Waals surface area (Å²) in [5.41, 5.74) is 3.03. The molecule has 3 rings (SSSR count). The number of ketones is 1. The van der Waals surface area contributed by atoms with E-state index < -0.39 is 0 Å². The van der Waals surface area contributed by atoms with Gasteiger partial charge in [-0.15, -0.1) is 0 Å². The molecule has 0 saturated carbocycles. The fourth-order valence-electron chi connectivity index (χ4n) is 2.58. The van der Waals surface area contributed by atoms with E-state index >= 15 is 0 Å². The second kappa shape index (κ2) is 7.34. The number of carbonyl (C=O) groups excluding carboxylic acids is 1. The first-order valence-electron chi connectivity index (χ1n) is 7.75. The molecule has 0 bridgehead atoms. The summed E-state index contributed by atoms with van der Waals surface area (Å²) in [5.74, 6) is 0.136. The topological polar surface area (TPSA) is 35.5 Å². The van der Waals surface area contributed by atoms with E-state index in [4.69, 9.17) is 9.47 Å². The van der Waals surface area contributed by atoms with Crippen molar-refractivity contribution in [2.45, 2.75) is 25.6 Å². The second-order valence-corrected chi connectivity index (χ2v) is 5.43. The largest absolute Gasteiger partial charge is 0.353 e. The van der Waals surface area contributed by atoms with Gasteiger partial charge in [0.1, 0.15) is 0 Å². The van der Waals surface area contributed by atoms with Gasteiger partial charge in [-0.2, -0.15) is 0 Å². The molecule has 114 valence electrons. The average Bonchev–Trinajstić information content (AvgIpc) is 2.61. The maximum absolute atomic E-state index is 12.2. The Balaban J connectivity index is 1.59. The van der Waals surface area contributed by atoms with Gasteiger partial charge < -0.3 is 9.47 Å². The SMILES string of the molecule is O=C(CCC1OCCCO1)c1ccc(-c2ccccc2)cc1. The van der Waals surface area contributed by atoms with Crippen LogP contribution in [0.3, 0.4) is 0 Å². The Morgan fingerprint density at radius 1 is 0.909 bits per heavy atom. The summed E-state index contributed by atoms with van der Waals surface area (Å²) in [6.07, 6.45) is 1.79. The third kappa shape index (κ3) is 3.81. The zero-order valence-electron chi connectivity index (χ0n) is 12.5. The number of rotatable bonds is 5. The minimum absolute atomic E-state index is 0.136. The lowest BCUT2D eigenvalue weighted by Gasteiger charge is -2.22. The van der Waals surface area contributed by atoms with Gasteiger partial charge in [0.15, 0.2) is 12.1 Å². The van der Waals surface area contributed by atoms with Crippen LogP contribution in [0.2, 0.25) is 0 Å². The quantitative estimate of drug-likeness (QED) is 0.780. The van der Waals surface area contributed by atoms with Crippen molar-refractivity contribution in [2.24, 2.45) is 0 Å². The van der Waals surface area contributed by atoms with Gasteiger partial charge in [-0.3, -0.25) is 4.79 Å². The lowest BCUT2D eigenvalue weighted by Crippen LogP contribution is -2.25. The normalized spacial score (nSPS) is 15.6. The van der Waals surface area contributed by atoms with Crippen LogP contribution in [0.15, 0.2) is 54.6 Å². The van der Waals surface area contributed by atoms with Crippen LogP contribution in [0.25, 0.3) is 11.1 Å². The molecule has 0 amide bonds. The van der Waals surface area contributed by atoms with Crippen LogP contribution >= 0.6 is 0 Å². The van der Waals surface area contributed by atoms with E-state index in [0.717, 1.165) is 36.3 Å². The summed E-state index contributed by atoms with van der Waals surface area (Å²) in [5, 5.41) is 0. The van der Waals surface area contributed by atoms with Gasteiger partial charge in [0.05, 0.1) is 13.2 Å². The fraction of sp³-hybridized carbons (Fsp3) is 0.316. The minimum atomic E-state index is -0.221. The summed E-state index contributed by atoms with van der Waals surface area (Å²) < 4.78 is 10.9. The molecular formula is C19H20O3. The molecule has 1 saturated heterocycles. The predicted molar refractivity (Wildman–Crippen MR) is 85.8 cm³/mol. The summed E-state index contributed by atoms with van der Waals surface area (Å²) in [6.45, 7) is 1.45. The molecule has 0 N–H and O–H groups in total. The molecule has 0 unspecified atom stereocenters. The van der Waals surface area contributed by atoms with E-state index in [1.165, 1.54) is 0 Å². The third-order valence-electron chi connectivity index (χ3n) is 3.82. The number of carbonyl (C=O) groups is 1. The third-order valence-corrected chi connectivity index (χ3v) is 3.82.